The second-order valence-electron chi connectivity index (χ2n) is 9.53. The van der Waals surface area contributed by atoms with Crippen LogP contribution in [0.4, 0.5) is 4.39 Å². The summed E-state index contributed by atoms with van der Waals surface area (Å²) in [6.45, 7) is 7.51. The zero-order valence-corrected chi connectivity index (χ0v) is 22.0. The normalized spacial score (nSPS) is 14.6. The Kier molecular flexibility index (Phi) is 7.45. The van der Waals surface area contributed by atoms with Gasteiger partial charge in [0.1, 0.15) is 11.5 Å². The maximum Gasteiger partial charge on any atom is 0.273 e. The predicted octanol–water partition coefficient (Wildman–Crippen LogP) is 6.85. The van der Waals surface area contributed by atoms with Gasteiger partial charge in [-0.1, -0.05) is 61.4 Å². The van der Waals surface area contributed by atoms with Crippen molar-refractivity contribution in [3.63, 3.8) is 0 Å². The third-order valence-electron chi connectivity index (χ3n) is 6.79. The topological polar surface area (TPSA) is 67.5 Å². The number of nitrogens with one attached hydrogen (secondary N) is 1. The van der Waals surface area contributed by atoms with Crippen molar-refractivity contribution in [3.8, 4) is 22.8 Å². The van der Waals surface area contributed by atoms with Crippen LogP contribution >= 0.6 is 0 Å². The van der Waals surface area contributed by atoms with Gasteiger partial charge >= 0.3 is 0 Å². The zero-order valence-electron chi connectivity index (χ0n) is 22.0. The fourth-order valence-electron chi connectivity index (χ4n) is 4.83. The molecule has 1 aromatic heterocycles. The van der Waals surface area contributed by atoms with Gasteiger partial charge in [0.25, 0.3) is 5.91 Å². The fraction of sp³-hybridized carbons (Fsp3) is 0.290. The number of halogens is 1. The van der Waals surface area contributed by atoms with Crippen molar-refractivity contribution in [1.29, 1.82) is 0 Å². The summed E-state index contributed by atoms with van der Waals surface area (Å²) in [5.74, 6) is 0.865. The van der Waals surface area contributed by atoms with E-state index in [0.717, 1.165) is 46.4 Å². The SMILES string of the molecule is CCCCOc1ccc(C2c3c(-c4ccc(C)cc4)n[nH]c3C(=O)N2Cc2ccc(F)cc2)cc1OCC. The third kappa shape index (κ3) is 5.01. The maximum atomic E-state index is 13.7. The van der Waals surface area contributed by atoms with Crippen molar-refractivity contribution in [2.24, 2.45) is 0 Å². The Bertz CT molecular complexity index is 1410. The summed E-state index contributed by atoms with van der Waals surface area (Å²) < 4.78 is 25.6. The van der Waals surface area contributed by atoms with E-state index in [1.165, 1.54) is 12.1 Å². The summed E-state index contributed by atoms with van der Waals surface area (Å²) in [7, 11) is 0. The van der Waals surface area contributed by atoms with Crippen molar-refractivity contribution in [1.82, 2.24) is 15.1 Å². The van der Waals surface area contributed by atoms with E-state index in [1.54, 1.807) is 17.0 Å². The molecule has 1 aliphatic heterocycles. The van der Waals surface area contributed by atoms with Crippen LogP contribution in [0.5, 0.6) is 11.5 Å². The number of aromatic amines is 1. The van der Waals surface area contributed by atoms with Gasteiger partial charge in [-0.3, -0.25) is 9.89 Å². The molecule has 1 amide bonds. The van der Waals surface area contributed by atoms with Crippen LogP contribution in [0, 0.1) is 12.7 Å². The number of nitrogens with zero attached hydrogens (tertiary/aromatic N) is 2. The number of rotatable bonds is 10. The molecule has 0 aliphatic carbocycles. The molecular formula is C31H32FN3O3. The molecule has 6 nitrogen and oxygen atoms in total. The molecule has 0 bridgehead atoms. The van der Waals surface area contributed by atoms with Gasteiger partial charge < -0.3 is 14.4 Å². The average Bonchev–Trinajstić information content (AvgIpc) is 3.46. The Balaban J connectivity index is 1.60. The van der Waals surface area contributed by atoms with E-state index in [2.05, 4.69) is 17.1 Å². The highest BCUT2D eigenvalue weighted by molar-refractivity contribution is 6.00. The van der Waals surface area contributed by atoms with Crippen LogP contribution in [0.1, 0.15) is 65.5 Å². The second kappa shape index (κ2) is 11.1. The van der Waals surface area contributed by atoms with Gasteiger partial charge in [0.2, 0.25) is 0 Å². The Labute approximate surface area is 222 Å². The van der Waals surface area contributed by atoms with Crippen LogP contribution in [0.25, 0.3) is 11.3 Å². The number of hydrogen-bond acceptors (Lipinski definition) is 4. The molecule has 0 saturated heterocycles. The molecule has 1 aliphatic rings. The second-order valence-corrected chi connectivity index (χ2v) is 9.53. The van der Waals surface area contributed by atoms with Crippen molar-refractivity contribution in [2.45, 2.75) is 46.2 Å². The van der Waals surface area contributed by atoms with Crippen molar-refractivity contribution in [3.05, 3.63) is 100 Å². The summed E-state index contributed by atoms with van der Waals surface area (Å²) in [5.41, 5.74) is 5.83. The van der Waals surface area contributed by atoms with Crippen molar-refractivity contribution >= 4 is 5.91 Å². The number of aryl methyl sites for hydroxylation is 1. The van der Waals surface area contributed by atoms with Crippen molar-refractivity contribution < 1.29 is 18.7 Å². The lowest BCUT2D eigenvalue weighted by atomic mass is 9.95. The lowest BCUT2D eigenvalue weighted by Gasteiger charge is -2.27. The van der Waals surface area contributed by atoms with E-state index in [-0.39, 0.29) is 11.7 Å². The van der Waals surface area contributed by atoms with Gasteiger partial charge in [0, 0.05) is 17.7 Å². The minimum Gasteiger partial charge on any atom is -0.490 e. The third-order valence-corrected chi connectivity index (χ3v) is 6.79. The lowest BCUT2D eigenvalue weighted by molar-refractivity contribution is 0.0729. The Hall–Kier alpha value is -4.13. The van der Waals surface area contributed by atoms with Crippen LogP contribution in [0.2, 0.25) is 0 Å². The van der Waals surface area contributed by atoms with Crippen molar-refractivity contribution in [2.75, 3.05) is 13.2 Å². The summed E-state index contributed by atoms with van der Waals surface area (Å²) in [6.07, 6.45) is 1.99. The zero-order chi connectivity index (χ0) is 26.6. The smallest absolute Gasteiger partial charge is 0.273 e. The number of fused-ring (bicyclic) bond motifs is 1. The van der Waals surface area contributed by atoms with E-state index in [4.69, 9.17) is 9.47 Å². The standard InChI is InChI=1S/C31H32FN3O3/c1-4-6-17-38-25-16-13-23(18-26(25)37-5-2)30-27-28(22-11-7-20(3)8-12-22)33-34-29(27)31(36)35(30)19-21-9-14-24(32)15-10-21/h7-16,18,30H,4-6,17,19H2,1-3H3,(H,33,34). The molecule has 38 heavy (non-hydrogen) atoms. The Morgan fingerprint density at radius 1 is 0.974 bits per heavy atom. The van der Waals surface area contributed by atoms with E-state index < -0.39 is 6.04 Å². The highest BCUT2D eigenvalue weighted by Gasteiger charge is 2.42. The first kappa shape index (κ1) is 25.5. The van der Waals surface area contributed by atoms with E-state index in [0.29, 0.717) is 37.0 Å². The van der Waals surface area contributed by atoms with Crippen LogP contribution in [-0.2, 0) is 6.54 Å². The van der Waals surface area contributed by atoms with Gasteiger partial charge in [-0.2, -0.15) is 5.10 Å². The average molecular weight is 514 g/mol. The predicted molar refractivity (Wildman–Crippen MR) is 145 cm³/mol. The number of H-pyrrole nitrogens is 1. The maximum absolute atomic E-state index is 13.7. The number of ether oxygens (including phenoxy) is 2. The molecule has 196 valence electrons. The Morgan fingerprint density at radius 3 is 2.45 bits per heavy atom. The molecule has 1 atom stereocenters. The lowest BCUT2D eigenvalue weighted by Crippen LogP contribution is -2.29. The minimum atomic E-state index is -0.415. The van der Waals surface area contributed by atoms with Gasteiger partial charge in [-0.15, -0.1) is 0 Å². The number of unbranched alkanes of at least 4 members (excludes halogenated alkanes) is 1. The molecule has 0 spiro atoms. The minimum absolute atomic E-state index is 0.151. The van der Waals surface area contributed by atoms with Gasteiger partial charge in [-0.05, 0) is 55.7 Å². The highest BCUT2D eigenvalue weighted by Crippen LogP contribution is 2.45. The monoisotopic (exact) mass is 513 g/mol. The van der Waals surface area contributed by atoms with Gasteiger partial charge in [-0.25, -0.2) is 4.39 Å². The number of aromatic nitrogens is 2. The van der Waals surface area contributed by atoms with Gasteiger partial charge in [0.05, 0.1) is 24.9 Å². The summed E-state index contributed by atoms with van der Waals surface area (Å²) in [4.78, 5) is 15.5. The number of benzene rings is 3. The van der Waals surface area contributed by atoms with E-state index >= 15 is 0 Å². The Morgan fingerprint density at radius 2 is 1.74 bits per heavy atom. The highest BCUT2D eigenvalue weighted by atomic mass is 19.1. The molecule has 0 radical (unpaired) electrons. The molecule has 1 unspecified atom stereocenters. The number of hydrogen-bond donors (Lipinski definition) is 1. The molecule has 7 heteroatoms. The molecule has 0 saturated carbocycles. The largest absolute Gasteiger partial charge is 0.490 e. The molecule has 3 aromatic carbocycles. The van der Waals surface area contributed by atoms with Crippen LogP contribution in [-0.4, -0.2) is 34.2 Å². The van der Waals surface area contributed by atoms with Crippen LogP contribution in [0.15, 0.2) is 66.7 Å². The van der Waals surface area contributed by atoms with E-state index in [1.807, 2.05) is 56.3 Å². The number of amides is 1. The fourth-order valence-corrected chi connectivity index (χ4v) is 4.83. The first-order valence-corrected chi connectivity index (χ1v) is 13.1. The molecule has 4 aromatic rings. The molecule has 5 rings (SSSR count). The number of carbonyl (C=O) groups is 1. The quantitative estimate of drug-likeness (QED) is 0.236. The van der Waals surface area contributed by atoms with E-state index in [9.17, 15) is 9.18 Å². The molecule has 2 heterocycles. The summed E-state index contributed by atoms with van der Waals surface area (Å²) in [6, 6.07) is 19.8. The number of carbonyl (C=O) groups excluding carboxylic acids is 1. The first-order chi connectivity index (χ1) is 18.5. The summed E-state index contributed by atoms with van der Waals surface area (Å²) >= 11 is 0. The van der Waals surface area contributed by atoms with Gasteiger partial charge in [0.15, 0.2) is 11.5 Å². The molecule has 1 N–H and O–H groups in total. The molecule has 0 fully saturated rings. The summed E-state index contributed by atoms with van der Waals surface area (Å²) in [5, 5.41) is 7.57. The van der Waals surface area contributed by atoms with Crippen LogP contribution < -0.4 is 9.47 Å². The molecular weight excluding hydrogens is 481 g/mol. The van der Waals surface area contributed by atoms with Crippen LogP contribution in [0.3, 0.4) is 0 Å². The first-order valence-electron chi connectivity index (χ1n) is 13.1.